The van der Waals surface area contributed by atoms with Gasteiger partial charge in [0.15, 0.2) is 0 Å². The molecule has 1 heterocycles. The maximum absolute atomic E-state index is 12.8. The summed E-state index contributed by atoms with van der Waals surface area (Å²) in [6.07, 6.45) is 0.915. The fourth-order valence-corrected chi connectivity index (χ4v) is 2.93. The average molecular weight is 378 g/mol. The van der Waals surface area contributed by atoms with Gasteiger partial charge in [0.1, 0.15) is 11.8 Å². The highest BCUT2D eigenvalue weighted by atomic mass is 35.5. The summed E-state index contributed by atoms with van der Waals surface area (Å²) in [4.78, 5) is 27.0. The summed E-state index contributed by atoms with van der Waals surface area (Å²) < 4.78 is 5.12. The van der Waals surface area contributed by atoms with Crippen molar-refractivity contribution in [1.29, 1.82) is 0 Å². The minimum Gasteiger partial charge on any atom is -0.361 e. The summed E-state index contributed by atoms with van der Waals surface area (Å²) in [5, 5.41) is 7.23. The number of nitrogens with zero attached hydrogens (tertiary/aromatic N) is 2. The largest absolute Gasteiger partial charge is 0.361 e. The van der Waals surface area contributed by atoms with Gasteiger partial charge < -0.3 is 14.7 Å². The number of anilines is 1. The van der Waals surface area contributed by atoms with Gasteiger partial charge in [-0.25, -0.2) is 0 Å². The number of benzene rings is 1. The summed E-state index contributed by atoms with van der Waals surface area (Å²) in [6.45, 7) is 7.77. The van der Waals surface area contributed by atoms with Crippen molar-refractivity contribution in [2.75, 3.05) is 11.9 Å². The Morgan fingerprint density at radius 1 is 1.35 bits per heavy atom. The second-order valence-corrected chi connectivity index (χ2v) is 6.68. The van der Waals surface area contributed by atoms with Crippen LogP contribution in [0.4, 0.5) is 5.69 Å². The van der Waals surface area contributed by atoms with Crippen LogP contribution >= 0.6 is 11.6 Å². The van der Waals surface area contributed by atoms with Gasteiger partial charge in [0.25, 0.3) is 0 Å². The van der Waals surface area contributed by atoms with E-state index in [0.717, 1.165) is 12.0 Å². The summed E-state index contributed by atoms with van der Waals surface area (Å²) in [5.74, 6) is 0.242. The quantitative estimate of drug-likeness (QED) is 0.797. The molecule has 1 atom stereocenters. The SMILES string of the molecule is CCCN(C(=O)Cc1c(C)noc1C)[C@H](C)C(=O)Nc1cccc(Cl)c1. The van der Waals surface area contributed by atoms with Crippen LogP contribution in [0, 0.1) is 13.8 Å². The Bertz CT molecular complexity index is 769. The highest BCUT2D eigenvalue weighted by Gasteiger charge is 2.27. The first-order valence-electron chi connectivity index (χ1n) is 8.61. The van der Waals surface area contributed by atoms with E-state index in [2.05, 4.69) is 10.5 Å². The molecule has 1 aromatic carbocycles. The molecule has 0 saturated carbocycles. The number of halogens is 1. The van der Waals surface area contributed by atoms with E-state index in [1.165, 1.54) is 0 Å². The molecule has 6 nitrogen and oxygen atoms in total. The zero-order valence-corrected chi connectivity index (χ0v) is 16.3. The van der Waals surface area contributed by atoms with Crippen LogP contribution in [-0.4, -0.2) is 34.5 Å². The van der Waals surface area contributed by atoms with Gasteiger partial charge in [-0.1, -0.05) is 29.7 Å². The van der Waals surface area contributed by atoms with E-state index in [4.69, 9.17) is 16.1 Å². The van der Waals surface area contributed by atoms with Crippen molar-refractivity contribution < 1.29 is 14.1 Å². The third-order valence-corrected chi connectivity index (χ3v) is 4.47. The molecule has 140 valence electrons. The van der Waals surface area contributed by atoms with Crippen molar-refractivity contribution in [3.8, 4) is 0 Å². The first-order valence-corrected chi connectivity index (χ1v) is 8.99. The smallest absolute Gasteiger partial charge is 0.246 e. The van der Waals surface area contributed by atoms with E-state index in [9.17, 15) is 9.59 Å². The predicted octanol–water partition coefficient (Wildman–Crippen LogP) is 3.75. The molecule has 0 saturated heterocycles. The van der Waals surface area contributed by atoms with E-state index in [-0.39, 0.29) is 18.2 Å². The molecule has 2 aromatic rings. The van der Waals surface area contributed by atoms with Crippen molar-refractivity contribution in [3.63, 3.8) is 0 Å². The molecule has 0 aliphatic heterocycles. The summed E-state index contributed by atoms with van der Waals surface area (Å²) >= 11 is 5.95. The maximum atomic E-state index is 12.8. The Balaban J connectivity index is 2.11. The Morgan fingerprint density at radius 3 is 2.65 bits per heavy atom. The first-order chi connectivity index (χ1) is 12.3. The molecule has 0 aliphatic carbocycles. The van der Waals surface area contributed by atoms with E-state index in [1.807, 2.05) is 6.92 Å². The Labute approximate surface area is 158 Å². The van der Waals surface area contributed by atoms with Crippen molar-refractivity contribution in [2.45, 2.75) is 46.6 Å². The number of amides is 2. The molecule has 0 unspecified atom stereocenters. The fraction of sp³-hybridized carbons (Fsp3) is 0.421. The molecule has 0 spiro atoms. The lowest BCUT2D eigenvalue weighted by Crippen LogP contribution is -2.46. The molecule has 0 radical (unpaired) electrons. The lowest BCUT2D eigenvalue weighted by Gasteiger charge is -2.28. The van der Waals surface area contributed by atoms with Crippen LogP contribution in [0.2, 0.25) is 5.02 Å². The van der Waals surface area contributed by atoms with Crippen LogP contribution in [0.15, 0.2) is 28.8 Å². The minimum atomic E-state index is -0.609. The molecule has 2 amide bonds. The first kappa shape index (κ1) is 20.0. The number of carbonyl (C=O) groups is 2. The average Bonchev–Trinajstić information content (AvgIpc) is 2.91. The maximum Gasteiger partial charge on any atom is 0.246 e. The third-order valence-electron chi connectivity index (χ3n) is 4.23. The van der Waals surface area contributed by atoms with Gasteiger partial charge in [0.2, 0.25) is 11.8 Å². The number of rotatable bonds is 7. The fourth-order valence-electron chi connectivity index (χ4n) is 2.74. The molecule has 26 heavy (non-hydrogen) atoms. The van der Waals surface area contributed by atoms with Crippen LogP contribution in [0.1, 0.15) is 37.3 Å². The molecule has 2 rings (SSSR count). The number of aryl methyl sites for hydroxylation is 2. The second-order valence-electron chi connectivity index (χ2n) is 6.24. The van der Waals surface area contributed by atoms with E-state index in [1.54, 1.807) is 49.9 Å². The number of carbonyl (C=O) groups excluding carboxylic acids is 2. The summed E-state index contributed by atoms with van der Waals surface area (Å²) in [7, 11) is 0. The third kappa shape index (κ3) is 4.85. The number of nitrogens with one attached hydrogen (secondary N) is 1. The molecule has 7 heteroatoms. The van der Waals surface area contributed by atoms with Crippen molar-refractivity contribution in [2.24, 2.45) is 0 Å². The highest BCUT2D eigenvalue weighted by Crippen LogP contribution is 2.18. The lowest BCUT2D eigenvalue weighted by atomic mass is 10.1. The van der Waals surface area contributed by atoms with Crippen LogP contribution < -0.4 is 5.32 Å². The molecule has 0 fully saturated rings. The molecule has 0 aliphatic rings. The van der Waals surface area contributed by atoms with Gasteiger partial charge in [-0.2, -0.15) is 0 Å². The Morgan fingerprint density at radius 2 is 2.08 bits per heavy atom. The van der Waals surface area contributed by atoms with Crippen molar-refractivity contribution >= 4 is 29.1 Å². The number of aromatic nitrogens is 1. The molecular weight excluding hydrogens is 354 g/mol. The molecule has 1 N–H and O–H groups in total. The van der Waals surface area contributed by atoms with E-state index < -0.39 is 6.04 Å². The van der Waals surface area contributed by atoms with Gasteiger partial charge in [-0.05, 0) is 45.4 Å². The second kappa shape index (κ2) is 8.85. The number of hydrogen-bond donors (Lipinski definition) is 1. The highest BCUT2D eigenvalue weighted by molar-refractivity contribution is 6.30. The van der Waals surface area contributed by atoms with E-state index >= 15 is 0 Å². The van der Waals surface area contributed by atoms with Gasteiger partial charge in [-0.3, -0.25) is 9.59 Å². The summed E-state index contributed by atoms with van der Waals surface area (Å²) in [6, 6.07) is 6.31. The zero-order chi connectivity index (χ0) is 19.3. The Hall–Kier alpha value is -2.34. The van der Waals surface area contributed by atoms with Crippen LogP contribution in [0.25, 0.3) is 0 Å². The molecule has 1 aromatic heterocycles. The standard InChI is InChI=1S/C19H24ClN3O3/c1-5-9-23(18(24)11-17-12(2)22-26-14(17)4)13(3)19(25)21-16-8-6-7-15(20)10-16/h6-8,10,13H,5,9,11H2,1-4H3,(H,21,25)/t13-/m1/s1. The molecule has 0 bridgehead atoms. The predicted molar refractivity (Wildman–Crippen MR) is 101 cm³/mol. The normalized spacial score (nSPS) is 11.9. The van der Waals surface area contributed by atoms with Crippen molar-refractivity contribution in [1.82, 2.24) is 10.1 Å². The van der Waals surface area contributed by atoms with E-state index in [0.29, 0.717) is 28.7 Å². The monoisotopic (exact) mass is 377 g/mol. The van der Waals surface area contributed by atoms with Gasteiger partial charge in [-0.15, -0.1) is 0 Å². The molecular formula is C19H24ClN3O3. The minimum absolute atomic E-state index is 0.130. The topological polar surface area (TPSA) is 75.4 Å². The van der Waals surface area contributed by atoms with Crippen LogP contribution in [-0.2, 0) is 16.0 Å². The van der Waals surface area contributed by atoms with Crippen molar-refractivity contribution in [3.05, 3.63) is 46.3 Å². The van der Waals surface area contributed by atoms with Gasteiger partial charge in [0, 0.05) is 22.8 Å². The van der Waals surface area contributed by atoms with Crippen LogP contribution in [0.5, 0.6) is 0 Å². The summed E-state index contributed by atoms with van der Waals surface area (Å²) in [5.41, 5.74) is 2.07. The Kier molecular flexibility index (Phi) is 6.80. The van der Waals surface area contributed by atoms with Gasteiger partial charge >= 0.3 is 0 Å². The van der Waals surface area contributed by atoms with Crippen LogP contribution in [0.3, 0.4) is 0 Å². The van der Waals surface area contributed by atoms with Gasteiger partial charge in [0.05, 0.1) is 12.1 Å². The zero-order valence-electron chi connectivity index (χ0n) is 15.5. The number of hydrogen-bond acceptors (Lipinski definition) is 4. The lowest BCUT2D eigenvalue weighted by molar-refractivity contribution is -0.137.